The lowest BCUT2D eigenvalue weighted by molar-refractivity contribution is -0.395. The van der Waals surface area contributed by atoms with Crippen LogP contribution in [0.25, 0.3) is 0 Å². The highest BCUT2D eigenvalue weighted by atomic mass is 32.2. The minimum absolute atomic E-state index is 0.106. The van der Waals surface area contributed by atoms with Gasteiger partial charge in [-0.3, -0.25) is 0 Å². The molecule has 36 nitrogen and oxygen atoms in total. The molecule has 21 saturated heterocycles. The lowest BCUT2D eigenvalue weighted by atomic mass is 9.95. The third-order valence-electron chi connectivity index (χ3n) is 17.0. The summed E-state index contributed by atoms with van der Waals surface area (Å²) in [6.45, 7) is -3.04. The van der Waals surface area contributed by atoms with E-state index in [0.29, 0.717) is 42.2 Å². The summed E-state index contributed by atoms with van der Waals surface area (Å²) in [6, 6.07) is 0. The molecule has 21 heterocycles. The summed E-state index contributed by atoms with van der Waals surface area (Å²) in [5, 5.41) is 232. The van der Waals surface area contributed by atoms with Gasteiger partial charge in [-0.25, -0.2) is 0 Å². The standard InChI is InChI=1S/C53H91N3O33S2/c1-2-4-17(55)9-18(56)5-3-7-90-15-24-45-31(67)38(74)52(81-24)86-43-22(13-60)77-48(34(70)27(43)63)83-40-19(10-57)76-47(33(69)26(40)62)84-42-21(12-59)80-51(37(73)30(42)66)89-46-25(16-91-8-6-54)82-53(39(75)32(46)68)87-44-23(14-61)78-49(35(71)28(44)64)85-41-20(11-58)79-50(88-45)36(72)29(41)65/h19-53,55-75H,2-16,54H2,1H3/t19?,20?,21?,22?,23?,24?,25?,26-,27-,28-,29-,30-,31-,32-,33?,34?,35?,36?,37?,38?,39?,40-,41-,42-,43-,44-,45-,46-,47-,48-,49+,50+,51-,52+,53-/m1/s1. The molecule has 35 atom stereocenters. The maximum atomic E-state index is 11.9. The van der Waals surface area contributed by atoms with E-state index in [1.54, 1.807) is 0 Å². The molecule has 21 aliphatic heterocycles. The Balaban J connectivity index is 1.09. The molecule has 91 heavy (non-hydrogen) atoms. The molecule has 21 rings (SSSR count). The van der Waals surface area contributed by atoms with Crippen molar-refractivity contribution in [1.29, 1.82) is 10.8 Å². The van der Waals surface area contributed by atoms with Crippen molar-refractivity contribution in [2.75, 3.05) is 62.6 Å². The van der Waals surface area contributed by atoms with Crippen LogP contribution in [0.15, 0.2) is 0 Å². The van der Waals surface area contributed by atoms with Crippen molar-refractivity contribution >= 4 is 34.9 Å². The number of thioether (sulfide) groups is 2. The van der Waals surface area contributed by atoms with Gasteiger partial charge in [-0.1, -0.05) is 13.3 Å². The first kappa shape index (κ1) is 75.5. The Labute approximate surface area is 529 Å². The largest absolute Gasteiger partial charge is 0.394 e. The zero-order valence-corrected chi connectivity index (χ0v) is 51.1. The molecule has 528 valence electrons. The molecular formula is C53H91N3O33S2. The van der Waals surface area contributed by atoms with Gasteiger partial charge < -0.3 is 180 Å². The molecule has 0 radical (unpaired) electrons. The number of aliphatic hydroxyl groups is 19. The Morgan fingerprint density at radius 3 is 0.769 bits per heavy atom. The average molecular weight is 1360 g/mol. The van der Waals surface area contributed by atoms with Gasteiger partial charge in [0.1, 0.15) is 159 Å². The molecule has 21 fully saturated rings. The van der Waals surface area contributed by atoms with Crippen LogP contribution in [0.5, 0.6) is 0 Å². The summed E-state index contributed by atoms with van der Waals surface area (Å²) < 4.78 is 82.9. The van der Waals surface area contributed by atoms with Crippen LogP contribution in [0.1, 0.15) is 39.0 Å². The summed E-state index contributed by atoms with van der Waals surface area (Å²) in [6.07, 6.45) is -65.8. The predicted octanol–water partition coefficient (Wildman–Crippen LogP) is -10.8. The predicted molar refractivity (Wildman–Crippen MR) is 302 cm³/mol. The van der Waals surface area contributed by atoms with E-state index in [0.717, 1.165) is 18.2 Å². The van der Waals surface area contributed by atoms with Crippen LogP contribution >= 0.6 is 23.5 Å². The van der Waals surface area contributed by atoms with E-state index < -0.39 is 248 Å². The van der Waals surface area contributed by atoms with Crippen LogP contribution in [0.3, 0.4) is 0 Å². The van der Waals surface area contributed by atoms with Crippen molar-refractivity contribution in [2.24, 2.45) is 5.73 Å². The van der Waals surface area contributed by atoms with Gasteiger partial charge in [0.05, 0.1) is 45.2 Å². The maximum absolute atomic E-state index is 11.9. The van der Waals surface area contributed by atoms with Crippen molar-refractivity contribution in [3.63, 3.8) is 0 Å². The quantitative estimate of drug-likeness (QED) is 0.0422. The monoisotopic (exact) mass is 1360 g/mol. The summed E-state index contributed by atoms with van der Waals surface area (Å²) in [5.74, 6) is 0.406. The molecule has 0 aliphatic carbocycles. The third kappa shape index (κ3) is 17.2. The number of ether oxygens (including phenoxy) is 14. The fourth-order valence-electron chi connectivity index (χ4n) is 12.0. The number of hydrogen-bond donors (Lipinski definition) is 22. The van der Waals surface area contributed by atoms with Crippen molar-refractivity contribution in [2.45, 2.75) is 254 Å². The fourth-order valence-corrected chi connectivity index (χ4v) is 13.8. The fraction of sp³-hybridized carbons (Fsp3) is 0.962. The molecule has 21 aliphatic rings. The summed E-state index contributed by atoms with van der Waals surface area (Å²) in [5.41, 5.74) is 6.46. The normalized spacial score (nSPS) is 48.6. The highest BCUT2D eigenvalue weighted by Gasteiger charge is 2.59. The maximum Gasteiger partial charge on any atom is 0.187 e. The van der Waals surface area contributed by atoms with Gasteiger partial charge in [0.15, 0.2) is 44.0 Å². The van der Waals surface area contributed by atoms with Crippen LogP contribution in [0, 0.1) is 10.8 Å². The van der Waals surface area contributed by atoms with Crippen molar-refractivity contribution in [1.82, 2.24) is 0 Å². The Bertz CT molecular complexity index is 2230. The average Bonchev–Trinajstić information content (AvgIpc) is 0.814. The number of hydrogen-bond acceptors (Lipinski definition) is 38. The molecule has 0 aromatic rings. The van der Waals surface area contributed by atoms with Gasteiger partial charge >= 0.3 is 0 Å². The zero-order valence-electron chi connectivity index (χ0n) is 49.4. The van der Waals surface area contributed by atoms with E-state index >= 15 is 0 Å². The minimum atomic E-state index is -2.20. The molecule has 0 amide bonds. The topological polar surface area (TPSA) is 587 Å². The third-order valence-corrected chi connectivity index (χ3v) is 19.2. The lowest BCUT2D eigenvalue weighted by Gasteiger charge is -2.50. The molecule has 0 saturated carbocycles. The first-order chi connectivity index (χ1) is 43.4. The zero-order chi connectivity index (χ0) is 66.3. The van der Waals surface area contributed by atoms with E-state index in [2.05, 4.69) is 0 Å². The van der Waals surface area contributed by atoms with Crippen LogP contribution in [0.4, 0.5) is 0 Å². The Morgan fingerprint density at radius 1 is 0.319 bits per heavy atom. The first-order valence-electron chi connectivity index (χ1n) is 30.2. The summed E-state index contributed by atoms with van der Waals surface area (Å²) in [4.78, 5) is 0. The van der Waals surface area contributed by atoms with Gasteiger partial charge in [-0.15, -0.1) is 0 Å². The van der Waals surface area contributed by atoms with Crippen LogP contribution in [0.2, 0.25) is 0 Å². The van der Waals surface area contributed by atoms with E-state index in [-0.39, 0.29) is 24.5 Å². The minimum Gasteiger partial charge on any atom is -0.394 e. The molecule has 0 aromatic heterocycles. The van der Waals surface area contributed by atoms with E-state index in [1.807, 2.05) is 6.92 Å². The van der Waals surface area contributed by atoms with Gasteiger partial charge in [-0.2, -0.15) is 23.5 Å². The number of nitrogens with two attached hydrogens (primary N) is 1. The van der Waals surface area contributed by atoms with Gasteiger partial charge in [-0.05, 0) is 25.0 Å². The lowest BCUT2D eigenvalue weighted by Crippen LogP contribution is -2.68. The Morgan fingerprint density at radius 2 is 0.538 bits per heavy atom. The number of rotatable bonds is 19. The summed E-state index contributed by atoms with van der Waals surface area (Å²) in [7, 11) is 0. The van der Waals surface area contributed by atoms with Crippen LogP contribution in [-0.4, -0.2) is 386 Å². The Hall–Kier alpha value is -1.32. The smallest absolute Gasteiger partial charge is 0.187 e. The van der Waals surface area contributed by atoms with E-state index in [4.69, 9.17) is 82.9 Å². The molecule has 38 heteroatoms. The van der Waals surface area contributed by atoms with Gasteiger partial charge in [0, 0.05) is 41.6 Å². The van der Waals surface area contributed by atoms with Crippen LogP contribution < -0.4 is 5.73 Å². The second kappa shape index (κ2) is 34.4. The SMILES string of the molecule is CCCC(=N)CC(=N)CCCSCC1O[C@H]2O[C@@H]3C(CO)O[C@H](O[C@@H]4C(CO)O[C@H](O[C@@H]5C(CO)O[C@H](O[C@@H]6C(CSCCN)O[C@H](O[C@@H]7C(CO)O[C@@H](O[C@@H]8C(CO)O[C@@H](O[C@H]1[C@H](O)C2O)C(O)[C@H]8O)C(O)[C@H]7O)C(O)[C@H]6O)C(O)[C@H]5O)C(O)[C@H]4O)C(O)[C@H]3O. The van der Waals surface area contributed by atoms with Crippen molar-refractivity contribution in [3.8, 4) is 0 Å². The van der Waals surface area contributed by atoms with Gasteiger partial charge in [0.2, 0.25) is 0 Å². The van der Waals surface area contributed by atoms with E-state index in [9.17, 15) is 97.0 Å². The molecule has 14 unspecified atom stereocenters. The second-order valence-corrected chi connectivity index (χ2v) is 25.8. The second-order valence-electron chi connectivity index (χ2n) is 23.5. The summed E-state index contributed by atoms with van der Waals surface area (Å²) >= 11 is 2.36. The number of nitrogens with one attached hydrogen (secondary N) is 2. The highest BCUT2D eigenvalue weighted by Crippen LogP contribution is 2.40. The molecule has 0 aromatic carbocycles. The first-order valence-corrected chi connectivity index (χ1v) is 32.5. The van der Waals surface area contributed by atoms with Crippen LogP contribution in [-0.2, 0) is 66.3 Å². The van der Waals surface area contributed by atoms with Gasteiger partial charge in [0.25, 0.3) is 0 Å². The van der Waals surface area contributed by atoms with Crippen molar-refractivity contribution < 1.29 is 163 Å². The van der Waals surface area contributed by atoms with E-state index in [1.165, 1.54) is 11.8 Å². The Kier molecular flexibility index (Phi) is 28.6. The molecule has 14 bridgehead atoms. The number of aliphatic hydroxyl groups excluding tert-OH is 19. The molecule has 0 spiro atoms. The molecular weight excluding hydrogens is 1270 g/mol. The van der Waals surface area contributed by atoms with Crippen molar-refractivity contribution in [3.05, 3.63) is 0 Å². The molecule has 23 N–H and O–H groups in total. The highest BCUT2D eigenvalue weighted by molar-refractivity contribution is 7.99.